The fourth-order valence-electron chi connectivity index (χ4n) is 2.30. The molecule has 0 amide bonds. The molecule has 0 bridgehead atoms. The van der Waals surface area contributed by atoms with Gasteiger partial charge in [0.2, 0.25) is 0 Å². The zero-order valence-electron chi connectivity index (χ0n) is 10.4. The summed E-state index contributed by atoms with van der Waals surface area (Å²) in [5, 5.41) is 0. The molecule has 1 aromatic rings. The van der Waals surface area contributed by atoms with E-state index < -0.39 is 0 Å². The summed E-state index contributed by atoms with van der Waals surface area (Å²) in [5.41, 5.74) is 12.6. The lowest BCUT2D eigenvalue weighted by Crippen LogP contribution is -2.26. The molecule has 1 aromatic carbocycles. The first-order valence-electron chi connectivity index (χ1n) is 6.15. The van der Waals surface area contributed by atoms with Gasteiger partial charge >= 0.3 is 0 Å². The maximum absolute atomic E-state index is 5.72. The molecule has 0 aliphatic carbocycles. The third kappa shape index (κ3) is 3.03. The van der Waals surface area contributed by atoms with Crippen LogP contribution in [0.4, 0.5) is 11.4 Å². The van der Waals surface area contributed by atoms with E-state index >= 15 is 0 Å². The smallest absolute Gasteiger partial charge is 0.121 e. The van der Waals surface area contributed by atoms with Crippen molar-refractivity contribution in [3.05, 3.63) is 18.2 Å². The maximum atomic E-state index is 5.72. The van der Waals surface area contributed by atoms with Crippen LogP contribution in [0.1, 0.15) is 19.3 Å². The van der Waals surface area contributed by atoms with Gasteiger partial charge in [-0.05, 0) is 45.0 Å². The molecule has 0 aromatic heterocycles. The second-order valence-electron chi connectivity index (χ2n) is 4.70. The standard InChI is InChI=1S/C13H21N3O/c1-16-7-2-3-10(16)6-8-17-11-4-5-12(14)13(15)9-11/h4-5,9-10H,2-3,6-8,14-15H2,1H3. The third-order valence-electron chi connectivity index (χ3n) is 3.45. The van der Waals surface area contributed by atoms with Crippen LogP contribution in [0.5, 0.6) is 5.75 Å². The summed E-state index contributed by atoms with van der Waals surface area (Å²) < 4.78 is 5.69. The Labute approximate surface area is 103 Å². The van der Waals surface area contributed by atoms with Crippen LogP contribution in [0.3, 0.4) is 0 Å². The van der Waals surface area contributed by atoms with E-state index in [2.05, 4.69) is 11.9 Å². The Hall–Kier alpha value is -1.42. The molecule has 17 heavy (non-hydrogen) atoms. The highest BCUT2D eigenvalue weighted by atomic mass is 16.5. The quantitative estimate of drug-likeness (QED) is 0.780. The summed E-state index contributed by atoms with van der Waals surface area (Å²) in [4.78, 5) is 2.40. The van der Waals surface area contributed by atoms with Crippen molar-refractivity contribution < 1.29 is 4.74 Å². The summed E-state index contributed by atoms with van der Waals surface area (Å²) in [5.74, 6) is 0.803. The van der Waals surface area contributed by atoms with Gasteiger partial charge in [-0.25, -0.2) is 0 Å². The van der Waals surface area contributed by atoms with E-state index in [4.69, 9.17) is 16.2 Å². The fraction of sp³-hybridized carbons (Fsp3) is 0.538. The SMILES string of the molecule is CN1CCCC1CCOc1ccc(N)c(N)c1. The van der Waals surface area contributed by atoms with Gasteiger partial charge in [0, 0.05) is 12.1 Å². The number of anilines is 2. The number of likely N-dealkylation sites (tertiary alicyclic amines) is 1. The first-order valence-corrected chi connectivity index (χ1v) is 6.15. The zero-order valence-corrected chi connectivity index (χ0v) is 10.4. The van der Waals surface area contributed by atoms with Gasteiger partial charge < -0.3 is 21.1 Å². The average molecular weight is 235 g/mol. The van der Waals surface area contributed by atoms with E-state index in [0.717, 1.165) is 18.8 Å². The molecule has 2 rings (SSSR count). The van der Waals surface area contributed by atoms with Crippen LogP contribution in [0.2, 0.25) is 0 Å². The lowest BCUT2D eigenvalue weighted by atomic mass is 10.1. The molecule has 1 aliphatic heterocycles. The number of nitrogens with two attached hydrogens (primary N) is 2. The van der Waals surface area contributed by atoms with Crippen molar-refractivity contribution in [2.24, 2.45) is 0 Å². The van der Waals surface area contributed by atoms with E-state index in [-0.39, 0.29) is 0 Å². The molecule has 1 aliphatic rings. The van der Waals surface area contributed by atoms with Crippen molar-refractivity contribution in [1.29, 1.82) is 0 Å². The molecule has 0 saturated carbocycles. The monoisotopic (exact) mass is 235 g/mol. The number of nitrogen functional groups attached to an aromatic ring is 2. The Morgan fingerprint density at radius 2 is 2.18 bits per heavy atom. The summed E-state index contributed by atoms with van der Waals surface area (Å²) in [6, 6.07) is 6.10. The Morgan fingerprint density at radius 3 is 2.82 bits per heavy atom. The van der Waals surface area contributed by atoms with Crippen molar-refractivity contribution in [3.63, 3.8) is 0 Å². The first-order chi connectivity index (χ1) is 8.16. The predicted octanol–water partition coefficient (Wildman–Crippen LogP) is 1.71. The molecular formula is C13H21N3O. The molecule has 94 valence electrons. The first kappa shape index (κ1) is 12.0. The third-order valence-corrected chi connectivity index (χ3v) is 3.45. The molecule has 1 saturated heterocycles. The Bertz CT molecular complexity index is 381. The van der Waals surface area contributed by atoms with Gasteiger partial charge in [-0.3, -0.25) is 0 Å². The highest BCUT2D eigenvalue weighted by Gasteiger charge is 2.20. The minimum atomic E-state index is 0.584. The van der Waals surface area contributed by atoms with Crippen LogP contribution >= 0.6 is 0 Å². The van der Waals surface area contributed by atoms with E-state index in [0.29, 0.717) is 17.4 Å². The maximum Gasteiger partial charge on any atom is 0.121 e. The Morgan fingerprint density at radius 1 is 1.35 bits per heavy atom. The van der Waals surface area contributed by atoms with Gasteiger partial charge in [0.15, 0.2) is 0 Å². The van der Waals surface area contributed by atoms with Gasteiger partial charge in [0.25, 0.3) is 0 Å². The molecule has 1 unspecified atom stereocenters. The van der Waals surface area contributed by atoms with Crippen LogP contribution < -0.4 is 16.2 Å². The van der Waals surface area contributed by atoms with E-state index in [9.17, 15) is 0 Å². The van der Waals surface area contributed by atoms with Gasteiger partial charge in [0.05, 0.1) is 18.0 Å². The van der Waals surface area contributed by atoms with E-state index in [1.54, 1.807) is 12.1 Å². The molecule has 0 spiro atoms. The van der Waals surface area contributed by atoms with Crippen LogP contribution in [0.25, 0.3) is 0 Å². The number of rotatable bonds is 4. The van der Waals surface area contributed by atoms with Crippen LogP contribution in [-0.4, -0.2) is 31.1 Å². The molecule has 1 fully saturated rings. The number of nitrogens with zero attached hydrogens (tertiary/aromatic N) is 1. The molecule has 0 radical (unpaired) electrons. The topological polar surface area (TPSA) is 64.5 Å². The summed E-state index contributed by atoms with van der Waals surface area (Å²) >= 11 is 0. The van der Waals surface area contributed by atoms with Gasteiger partial charge in [-0.15, -0.1) is 0 Å². The summed E-state index contributed by atoms with van der Waals surface area (Å²) in [6.07, 6.45) is 3.65. The highest BCUT2D eigenvalue weighted by molar-refractivity contribution is 5.65. The molecule has 1 atom stereocenters. The number of hydrogen-bond donors (Lipinski definition) is 2. The van der Waals surface area contributed by atoms with Gasteiger partial charge in [-0.1, -0.05) is 0 Å². The van der Waals surface area contributed by atoms with Crippen molar-refractivity contribution >= 4 is 11.4 Å². The van der Waals surface area contributed by atoms with Crippen molar-refractivity contribution in [1.82, 2.24) is 4.90 Å². The summed E-state index contributed by atoms with van der Waals surface area (Å²) in [6.45, 7) is 1.94. The normalized spacial score (nSPS) is 20.6. The average Bonchev–Trinajstić information content (AvgIpc) is 2.70. The molecular weight excluding hydrogens is 214 g/mol. The molecule has 4 nitrogen and oxygen atoms in total. The van der Waals surface area contributed by atoms with E-state index in [1.807, 2.05) is 6.07 Å². The van der Waals surface area contributed by atoms with Crippen molar-refractivity contribution in [2.45, 2.75) is 25.3 Å². The Balaban J connectivity index is 1.79. The minimum Gasteiger partial charge on any atom is -0.493 e. The van der Waals surface area contributed by atoms with Crippen LogP contribution in [0.15, 0.2) is 18.2 Å². The van der Waals surface area contributed by atoms with Gasteiger partial charge in [-0.2, -0.15) is 0 Å². The molecule has 1 heterocycles. The lowest BCUT2D eigenvalue weighted by Gasteiger charge is -2.19. The number of hydrogen-bond acceptors (Lipinski definition) is 4. The molecule has 4 heteroatoms. The highest BCUT2D eigenvalue weighted by Crippen LogP contribution is 2.22. The zero-order chi connectivity index (χ0) is 12.3. The van der Waals surface area contributed by atoms with Crippen molar-refractivity contribution in [3.8, 4) is 5.75 Å². The number of benzene rings is 1. The Kier molecular flexibility index (Phi) is 3.74. The number of ether oxygens (including phenoxy) is 1. The van der Waals surface area contributed by atoms with E-state index in [1.165, 1.54) is 19.4 Å². The lowest BCUT2D eigenvalue weighted by molar-refractivity contribution is 0.233. The second-order valence-corrected chi connectivity index (χ2v) is 4.70. The van der Waals surface area contributed by atoms with Gasteiger partial charge in [0.1, 0.15) is 5.75 Å². The largest absolute Gasteiger partial charge is 0.493 e. The minimum absolute atomic E-state index is 0.584. The summed E-state index contributed by atoms with van der Waals surface area (Å²) in [7, 11) is 2.18. The van der Waals surface area contributed by atoms with Crippen molar-refractivity contribution in [2.75, 3.05) is 31.7 Å². The van der Waals surface area contributed by atoms with Crippen LogP contribution in [-0.2, 0) is 0 Å². The predicted molar refractivity (Wildman–Crippen MR) is 71.0 cm³/mol. The molecule has 4 N–H and O–H groups in total. The second kappa shape index (κ2) is 5.27. The fourth-order valence-corrected chi connectivity index (χ4v) is 2.30. The van der Waals surface area contributed by atoms with Crippen LogP contribution in [0, 0.1) is 0 Å².